The second-order valence-electron chi connectivity index (χ2n) is 8.22. The van der Waals surface area contributed by atoms with E-state index in [0.717, 1.165) is 48.7 Å². The van der Waals surface area contributed by atoms with E-state index in [1.807, 2.05) is 36.4 Å². The Kier molecular flexibility index (Phi) is 6.76. The quantitative estimate of drug-likeness (QED) is 0.552. The molecule has 4 rings (SSSR count). The molecule has 5 heteroatoms. The second kappa shape index (κ2) is 9.88. The highest BCUT2D eigenvalue weighted by molar-refractivity contribution is 5.69. The number of fused-ring (bicyclic) bond motifs is 1. The molecule has 1 heterocycles. The normalized spacial score (nSPS) is 14.4. The van der Waals surface area contributed by atoms with E-state index in [9.17, 15) is 9.90 Å². The number of carboxylic acid groups (broad SMARTS) is 1. The van der Waals surface area contributed by atoms with Crippen molar-refractivity contribution in [2.45, 2.75) is 31.8 Å². The predicted octanol–water partition coefficient (Wildman–Crippen LogP) is 4.87. The number of ether oxygens (including phenoxy) is 2. The molecule has 166 valence electrons. The summed E-state index contributed by atoms with van der Waals surface area (Å²) >= 11 is 0. The highest BCUT2D eigenvalue weighted by Crippen LogP contribution is 2.35. The van der Waals surface area contributed by atoms with Gasteiger partial charge in [-0.15, -0.1) is 0 Å². The van der Waals surface area contributed by atoms with Crippen molar-refractivity contribution in [1.82, 2.24) is 4.90 Å². The Morgan fingerprint density at radius 3 is 2.25 bits per heavy atom. The lowest BCUT2D eigenvalue weighted by atomic mass is 9.82. The maximum atomic E-state index is 11.7. The average molecular weight is 432 g/mol. The van der Waals surface area contributed by atoms with E-state index in [1.54, 1.807) is 14.2 Å². The number of carbonyl (C=O) groups is 1. The maximum absolute atomic E-state index is 11.7. The standard InChI is InChI=1S/C27H29NO4/c1-31-22-10-6-19(7-11-22)17-28-15-14-24-21(18-28)4-3-5-25(24)26(16-27(29)30)20-8-12-23(32-2)13-9-20/h3-13,26H,14-18H2,1-2H3,(H,29,30). The summed E-state index contributed by atoms with van der Waals surface area (Å²) in [6.45, 7) is 2.68. The number of nitrogens with zero attached hydrogens (tertiary/aromatic N) is 1. The zero-order valence-corrected chi connectivity index (χ0v) is 18.6. The number of aliphatic carboxylic acids is 1. The van der Waals surface area contributed by atoms with Gasteiger partial charge in [-0.1, -0.05) is 42.5 Å². The van der Waals surface area contributed by atoms with Crippen LogP contribution in [0.3, 0.4) is 0 Å². The monoisotopic (exact) mass is 431 g/mol. The van der Waals surface area contributed by atoms with E-state index < -0.39 is 5.97 Å². The number of hydrogen-bond donors (Lipinski definition) is 1. The molecule has 3 aromatic carbocycles. The SMILES string of the molecule is COc1ccc(CN2CCc3c(cccc3C(CC(=O)O)c3ccc(OC)cc3)C2)cc1. The molecule has 0 spiro atoms. The first-order valence-electron chi connectivity index (χ1n) is 10.9. The minimum absolute atomic E-state index is 0.0678. The van der Waals surface area contributed by atoms with Gasteiger partial charge in [-0.05, 0) is 58.5 Å². The Morgan fingerprint density at radius 1 is 0.969 bits per heavy atom. The molecule has 32 heavy (non-hydrogen) atoms. The first kappa shape index (κ1) is 21.9. The topological polar surface area (TPSA) is 59.0 Å². The van der Waals surface area contributed by atoms with Gasteiger partial charge in [0.2, 0.25) is 0 Å². The van der Waals surface area contributed by atoms with Crippen LogP contribution in [0.1, 0.15) is 40.2 Å². The fourth-order valence-corrected chi connectivity index (χ4v) is 4.57. The first-order valence-corrected chi connectivity index (χ1v) is 10.9. The molecule has 0 saturated heterocycles. The summed E-state index contributed by atoms with van der Waals surface area (Å²) in [5.41, 5.74) is 5.96. The van der Waals surface area contributed by atoms with E-state index in [0.29, 0.717) is 0 Å². The van der Waals surface area contributed by atoms with Gasteiger partial charge in [-0.3, -0.25) is 9.69 Å². The number of carboxylic acids is 1. The van der Waals surface area contributed by atoms with Crippen LogP contribution in [0.5, 0.6) is 11.5 Å². The maximum Gasteiger partial charge on any atom is 0.304 e. The van der Waals surface area contributed by atoms with Crippen LogP contribution in [0.2, 0.25) is 0 Å². The Morgan fingerprint density at radius 2 is 1.62 bits per heavy atom. The van der Waals surface area contributed by atoms with Crippen LogP contribution in [0.4, 0.5) is 0 Å². The van der Waals surface area contributed by atoms with Gasteiger partial charge < -0.3 is 14.6 Å². The van der Waals surface area contributed by atoms with Crippen LogP contribution in [0, 0.1) is 0 Å². The summed E-state index contributed by atoms with van der Waals surface area (Å²) in [6, 6.07) is 22.3. The molecular formula is C27H29NO4. The predicted molar refractivity (Wildman–Crippen MR) is 124 cm³/mol. The van der Waals surface area contributed by atoms with Crippen molar-refractivity contribution in [3.05, 3.63) is 94.5 Å². The summed E-state index contributed by atoms with van der Waals surface area (Å²) in [5, 5.41) is 9.61. The summed E-state index contributed by atoms with van der Waals surface area (Å²) in [6.07, 6.45) is 0.978. The molecule has 1 aliphatic heterocycles. The zero-order valence-electron chi connectivity index (χ0n) is 18.6. The highest BCUT2D eigenvalue weighted by Gasteiger charge is 2.25. The van der Waals surface area contributed by atoms with Crippen LogP contribution in [0.15, 0.2) is 66.7 Å². The van der Waals surface area contributed by atoms with Crippen molar-refractivity contribution < 1.29 is 19.4 Å². The van der Waals surface area contributed by atoms with E-state index >= 15 is 0 Å². The highest BCUT2D eigenvalue weighted by atomic mass is 16.5. The molecule has 5 nitrogen and oxygen atoms in total. The van der Waals surface area contributed by atoms with Gasteiger partial charge in [0.25, 0.3) is 0 Å². The lowest BCUT2D eigenvalue weighted by molar-refractivity contribution is -0.137. The van der Waals surface area contributed by atoms with Gasteiger partial charge in [-0.2, -0.15) is 0 Å². The molecule has 0 aromatic heterocycles. The molecule has 0 aliphatic carbocycles. The molecule has 3 aromatic rings. The summed E-state index contributed by atoms with van der Waals surface area (Å²) < 4.78 is 10.5. The van der Waals surface area contributed by atoms with Gasteiger partial charge in [0.1, 0.15) is 11.5 Å². The van der Waals surface area contributed by atoms with Crippen molar-refractivity contribution in [2.24, 2.45) is 0 Å². The molecule has 0 saturated carbocycles. The number of hydrogen-bond acceptors (Lipinski definition) is 4. The third kappa shape index (κ3) is 4.94. The molecular weight excluding hydrogens is 402 g/mol. The summed E-state index contributed by atoms with van der Waals surface area (Å²) in [4.78, 5) is 14.1. The van der Waals surface area contributed by atoms with Crippen molar-refractivity contribution >= 4 is 5.97 Å². The van der Waals surface area contributed by atoms with Crippen molar-refractivity contribution in [1.29, 1.82) is 0 Å². The molecule has 0 bridgehead atoms. The molecule has 0 fully saturated rings. The first-order chi connectivity index (χ1) is 15.6. The second-order valence-corrected chi connectivity index (χ2v) is 8.22. The number of benzene rings is 3. The fraction of sp³-hybridized carbons (Fsp3) is 0.296. The molecule has 0 radical (unpaired) electrons. The molecule has 1 unspecified atom stereocenters. The minimum Gasteiger partial charge on any atom is -0.497 e. The van der Waals surface area contributed by atoms with Gasteiger partial charge in [-0.25, -0.2) is 0 Å². The van der Waals surface area contributed by atoms with Crippen LogP contribution >= 0.6 is 0 Å². The number of methoxy groups -OCH3 is 2. The molecule has 0 amide bonds. The Balaban J connectivity index is 1.58. The van der Waals surface area contributed by atoms with E-state index in [-0.39, 0.29) is 12.3 Å². The number of rotatable bonds is 8. The van der Waals surface area contributed by atoms with Gasteiger partial charge in [0, 0.05) is 25.6 Å². The van der Waals surface area contributed by atoms with Crippen LogP contribution in [-0.2, 0) is 24.3 Å². The van der Waals surface area contributed by atoms with Crippen molar-refractivity contribution in [3.63, 3.8) is 0 Å². The zero-order chi connectivity index (χ0) is 22.5. The third-order valence-corrected chi connectivity index (χ3v) is 6.22. The van der Waals surface area contributed by atoms with Gasteiger partial charge in [0.05, 0.1) is 20.6 Å². The lowest BCUT2D eigenvalue weighted by Gasteiger charge is -2.32. The van der Waals surface area contributed by atoms with Crippen molar-refractivity contribution in [2.75, 3.05) is 20.8 Å². The molecule has 1 aliphatic rings. The van der Waals surface area contributed by atoms with E-state index in [4.69, 9.17) is 9.47 Å². The largest absolute Gasteiger partial charge is 0.497 e. The van der Waals surface area contributed by atoms with Gasteiger partial charge in [0.15, 0.2) is 0 Å². The van der Waals surface area contributed by atoms with Crippen molar-refractivity contribution in [3.8, 4) is 11.5 Å². The average Bonchev–Trinajstić information content (AvgIpc) is 2.82. The molecule has 1 atom stereocenters. The lowest BCUT2D eigenvalue weighted by Crippen LogP contribution is -2.31. The minimum atomic E-state index is -0.791. The smallest absolute Gasteiger partial charge is 0.304 e. The Bertz CT molecular complexity index is 1060. The van der Waals surface area contributed by atoms with Crippen LogP contribution in [0.25, 0.3) is 0 Å². The summed E-state index contributed by atoms with van der Waals surface area (Å²) in [5.74, 6) is 0.666. The van der Waals surface area contributed by atoms with Gasteiger partial charge >= 0.3 is 5.97 Å². The molecule has 1 N–H and O–H groups in total. The van der Waals surface area contributed by atoms with E-state index in [2.05, 4.69) is 35.2 Å². The summed E-state index contributed by atoms with van der Waals surface area (Å²) in [7, 11) is 3.31. The Labute approximate surface area is 189 Å². The fourth-order valence-electron chi connectivity index (χ4n) is 4.57. The third-order valence-electron chi connectivity index (χ3n) is 6.22. The van der Waals surface area contributed by atoms with Crippen LogP contribution in [-0.4, -0.2) is 36.7 Å². The van der Waals surface area contributed by atoms with E-state index in [1.165, 1.54) is 16.7 Å². The Hall–Kier alpha value is -3.31. The van der Waals surface area contributed by atoms with Crippen LogP contribution < -0.4 is 9.47 Å².